The summed E-state index contributed by atoms with van der Waals surface area (Å²) in [5.74, 6) is 3.26. The van der Waals surface area contributed by atoms with E-state index < -0.39 is 5.97 Å². The quantitative estimate of drug-likeness (QED) is 0.855. The number of fused-ring (bicyclic) bond motifs is 5. The maximum Gasteiger partial charge on any atom is 0.339 e. The summed E-state index contributed by atoms with van der Waals surface area (Å²) in [5.41, 5.74) is 0.288. The molecule has 18 heavy (non-hydrogen) atoms. The Hall–Kier alpha value is -1.29. The highest BCUT2D eigenvalue weighted by Gasteiger charge is 2.64. The van der Waals surface area contributed by atoms with Crippen molar-refractivity contribution in [3.63, 3.8) is 0 Å². The molecule has 3 fully saturated rings. The number of nitrogens with one attached hydrogen (secondary N) is 1. The van der Waals surface area contributed by atoms with E-state index in [-0.39, 0.29) is 5.56 Å². The van der Waals surface area contributed by atoms with E-state index in [1.807, 2.05) is 0 Å². The minimum absolute atomic E-state index is 0.288. The van der Waals surface area contributed by atoms with Crippen molar-refractivity contribution in [1.82, 2.24) is 5.32 Å². The topological polar surface area (TPSA) is 62.5 Å². The molecule has 3 saturated carbocycles. The van der Waals surface area contributed by atoms with Gasteiger partial charge in [0.15, 0.2) is 0 Å². The number of carbonyl (C=O) groups is 1. The fraction of sp³-hybridized carbons (Fsp3) is 0.643. The Balaban J connectivity index is 1.40. The second-order valence-electron chi connectivity index (χ2n) is 5.96. The molecule has 4 nitrogen and oxygen atoms in total. The van der Waals surface area contributed by atoms with E-state index in [1.165, 1.54) is 31.6 Å². The molecule has 4 atom stereocenters. The molecule has 0 radical (unpaired) electrons. The summed E-state index contributed by atoms with van der Waals surface area (Å²) >= 11 is 0. The van der Waals surface area contributed by atoms with Gasteiger partial charge in [-0.2, -0.15) is 0 Å². The second kappa shape index (κ2) is 3.60. The zero-order valence-electron chi connectivity index (χ0n) is 10.1. The van der Waals surface area contributed by atoms with Crippen LogP contribution in [0, 0.1) is 23.7 Å². The molecule has 0 amide bonds. The number of rotatable bonds is 4. The van der Waals surface area contributed by atoms with Gasteiger partial charge in [-0.3, -0.25) is 0 Å². The first-order chi connectivity index (χ1) is 8.75. The lowest BCUT2D eigenvalue weighted by molar-refractivity contribution is 0.0694. The average Bonchev–Trinajstić information content (AvgIpc) is 2.80. The highest BCUT2D eigenvalue weighted by molar-refractivity contribution is 5.88. The number of hydrogen-bond acceptors (Lipinski definition) is 3. The van der Waals surface area contributed by atoms with Gasteiger partial charge in [-0.25, -0.2) is 4.79 Å². The van der Waals surface area contributed by atoms with Gasteiger partial charge >= 0.3 is 5.97 Å². The monoisotopic (exact) mass is 247 g/mol. The third kappa shape index (κ3) is 1.38. The standard InChI is InChI=1S/C14H17NO3/c16-14(17)9-3-4-18-10(9)6-15-13-11-7-1-2-8(5-7)12(11)13/h3-4,7-8,11-13,15H,1-2,5-6H2,(H,16,17). The van der Waals surface area contributed by atoms with Crippen molar-refractivity contribution < 1.29 is 14.3 Å². The smallest absolute Gasteiger partial charge is 0.339 e. The Morgan fingerprint density at radius 1 is 1.39 bits per heavy atom. The van der Waals surface area contributed by atoms with Gasteiger partial charge in [-0.1, -0.05) is 0 Å². The molecule has 3 aliphatic carbocycles. The van der Waals surface area contributed by atoms with Crippen LogP contribution in [0.3, 0.4) is 0 Å². The molecule has 3 aliphatic rings. The number of aromatic carboxylic acids is 1. The molecule has 2 bridgehead atoms. The van der Waals surface area contributed by atoms with E-state index in [1.54, 1.807) is 0 Å². The first-order valence-electron chi connectivity index (χ1n) is 6.79. The van der Waals surface area contributed by atoms with Crippen LogP contribution < -0.4 is 5.32 Å². The van der Waals surface area contributed by atoms with Crippen LogP contribution in [0.4, 0.5) is 0 Å². The Morgan fingerprint density at radius 3 is 2.78 bits per heavy atom. The molecule has 1 aromatic heterocycles. The van der Waals surface area contributed by atoms with Gasteiger partial charge in [-0.15, -0.1) is 0 Å². The number of furan rings is 1. The molecular formula is C14H17NO3. The van der Waals surface area contributed by atoms with E-state index >= 15 is 0 Å². The van der Waals surface area contributed by atoms with Crippen molar-refractivity contribution in [3.8, 4) is 0 Å². The van der Waals surface area contributed by atoms with E-state index in [0.29, 0.717) is 18.3 Å². The summed E-state index contributed by atoms with van der Waals surface area (Å²) in [6.45, 7) is 0.547. The lowest BCUT2D eigenvalue weighted by Gasteiger charge is -2.09. The minimum Gasteiger partial charge on any atom is -0.478 e. The first kappa shape index (κ1) is 10.6. The van der Waals surface area contributed by atoms with Crippen LogP contribution in [0.25, 0.3) is 0 Å². The van der Waals surface area contributed by atoms with Crippen molar-refractivity contribution in [3.05, 3.63) is 23.7 Å². The maximum atomic E-state index is 11.0. The van der Waals surface area contributed by atoms with Crippen LogP contribution in [0.1, 0.15) is 35.4 Å². The maximum absolute atomic E-state index is 11.0. The van der Waals surface area contributed by atoms with Crippen molar-refractivity contribution in [2.45, 2.75) is 31.8 Å². The highest BCUT2D eigenvalue weighted by Crippen LogP contribution is 2.65. The van der Waals surface area contributed by atoms with Crippen LogP contribution in [-0.2, 0) is 6.54 Å². The average molecular weight is 247 g/mol. The number of carboxylic acid groups (broad SMARTS) is 1. The summed E-state index contributed by atoms with van der Waals surface area (Å²) in [5, 5.41) is 12.5. The third-order valence-corrected chi connectivity index (χ3v) is 5.21. The third-order valence-electron chi connectivity index (χ3n) is 5.21. The highest BCUT2D eigenvalue weighted by atomic mass is 16.4. The van der Waals surface area contributed by atoms with Crippen LogP contribution in [0.15, 0.2) is 16.7 Å². The first-order valence-corrected chi connectivity index (χ1v) is 6.79. The normalized spacial score (nSPS) is 39.9. The number of hydrogen-bond donors (Lipinski definition) is 2. The fourth-order valence-corrected chi connectivity index (χ4v) is 4.48. The Labute approximate surface area is 105 Å². The zero-order chi connectivity index (χ0) is 12.3. The predicted octanol–water partition coefficient (Wildman–Crippen LogP) is 2.11. The zero-order valence-corrected chi connectivity index (χ0v) is 10.1. The molecule has 0 aliphatic heterocycles. The Kier molecular flexibility index (Phi) is 2.13. The van der Waals surface area contributed by atoms with Gasteiger partial charge in [-0.05, 0) is 49.0 Å². The molecule has 1 heterocycles. The van der Waals surface area contributed by atoms with Crippen molar-refractivity contribution in [1.29, 1.82) is 0 Å². The Morgan fingerprint density at radius 2 is 2.11 bits per heavy atom. The summed E-state index contributed by atoms with van der Waals surface area (Å²) < 4.78 is 5.25. The summed E-state index contributed by atoms with van der Waals surface area (Å²) in [6, 6.07) is 2.14. The molecule has 4 unspecified atom stereocenters. The van der Waals surface area contributed by atoms with Crippen molar-refractivity contribution >= 4 is 5.97 Å². The van der Waals surface area contributed by atoms with Crippen molar-refractivity contribution in [2.24, 2.45) is 23.7 Å². The molecule has 96 valence electrons. The molecule has 2 N–H and O–H groups in total. The van der Waals surface area contributed by atoms with Gasteiger partial charge in [0.05, 0.1) is 12.8 Å². The van der Waals surface area contributed by atoms with Gasteiger partial charge in [0.1, 0.15) is 11.3 Å². The molecule has 0 spiro atoms. The van der Waals surface area contributed by atoms with E-state index in [0.717, 1.165) is 23.7 Å². The largest absolute Gasteiger partial charge is 0.478 e. The molecule has 0 aromatic carbocycles. The van der Waals surface area contributed by atoms with E-state index in [9.17, 15) is 4.79 Å². The summed E-state index contributed by atoms with van der Waals surface area (Å²) in [6.07, 6.45) is 5.71. The van der Waals surface area contributed by atoms with Crippen LogP contribution >= 0.6 is 0 Å². The van der Waals surface area contributed by atoms with E-state index in [4.69, 9.17) is 9.52 Å². The van der Waals surface area contributed by atoms with Gasteiger partial charge in [0, 0.05) is 6.04 Å². The van der Waals surface area contributed by atoms with Crippen LogP contribution in [-0.4, -0.2) is 17.1 Å². The van der Waals surface area contributed by atoms with Gasteiger partial charge in [0.2, 0.25) is 0 Å². The molecule has 1 aromatic rings. The second-order valence-corrected chi connectivity index (χ2v) is 5.96. The van der Waals surface area contributed by atoms with Gasteiger partial charge < -0.3 is 14.8 Å². The lowest BCUT2D eigenvalue weighted by atomic mass is 10.0. The minimum atomic E-state index is -0.906. The molecule has 4 heteroatoms. The summed E-state index contributed by atoms with van der Waals surface area (Å²) in [7, 11) is 0. The van der Waals surface area contributed by atoms with E-state index in [2.05, 4.69) is 5.32 Å². The predicted molar refractivity (Wildman–Crippen MR) is 64.1 cm³/mol. The fourth-order valence-electron chi connectivity index (χ4n) is 4.48. The Bertz CT molecular complexity index is 479. The van der Waals surface area contributed by atoms with Gasteiger partial charge in [0.25, 0.3) is 0 Å². The molecule has 0 saturated heterocycles. The van der Waals surface area contributed by atoms with Crippen LogP contribution in [0.2, 0.25) is 0 Å². The molecule has 4 rings (SSSR count). The SMILES string of the molecule is O=C(O)c1ccoc1CNC1C2C3CCC(C3)C12. The lowest BCUT2D eigenvalue weighted by Crippen LogP contribution is -2.23. The molecular weight excluding hydrogens is 230 g/mol. The van der Waals surface area contributed by atoms with Crippen LogP contribution in [0.5, 0.6) is 0 Å². The number of carboxylic acids is 1. The van der Waals surface area contributed by atoms with Crippen molar-refractivity contribution in [2.75, 3.05) is 0 Å². The summed E-state index contributed by atoms with van der Waals surface area (Å²) in [4.78, 5) is 11.0.